The van der Waals surface area contributed by atoms with Crippen LogP contribution in [0.15, 0.2) is 55.1 Å². The molecule has 2 N–H and O–H groups in total. The van der Waals surface area contributed by atoms with Crippen LogP contribution in [0.5, 0.6) is 5.75 Å². The largest absolute Gasteiger partial charge is 0.497 e. The van der Waals surface area contributed by atoms with Crippen LogP contribution >= 0.6 is 0 Å². The van der Waals surface area contributed by atoms with Crippen LogP contribution in [0.2, 0.25) is 0 Å². The maximum Gasteiger partial charge on any atom is 0.251 e. The molecule has 1 aliphatic rings. The van der Waals surface area contributed by atoms with E-state index in [1.54, 1.807) is 25.7 Å². The third-order valence-electron chi connectivity index (χ3n) is 5.28. The van der Waals surface area contributed by atoms with E-state index in [9.17, 15) is 9.90 Å². The van der Waals surface area contributed by atoms with Crippen LogP contribution in [0, 0.1) is 5.92 Å². The van der Waals surface area contributed by atoms with Crippen molar-refractivity contribution in [3.05, 3.63) is 60.7 Å². The van der Waals surface area contributed by atoms with Gasteiger partial charge in [-0.15, -0.1) is 0 Å². The molecule has 0 spiro atoms. The number of ether oxygens (including phenoxy) is 1. The minimum absolute atomic E-state index is 0.153. The van der Waals surface area contributed by atoms with Gasteiger partial charge in [0.05, 0.1) is 25.6 Å². The SMILES string of the molecule is COc1ccc2cc(C(=O)N[C@@H]3CC(Cn4ccnc4)C[C@H]3O)ccc2c1. The second-order valence-corrected chi connectivity index (χ2v) is 7.17. The Hall–Kier alpha value is -2.86. The number of amides is 1. The number of hydrogen-bond donors (Lipinski definition) is 2. The van der Waals surface area contributed by atoms with E-state index in [0.717, 1.165) is 29.5 Å². The molecule has 1 unspecified atom stereocenters. The van der Waals surface area contributed by atoms with Crippen molar-refractivity contribution in [3.8, 4) is 5.75 Å². The number of hydrogen-bond acceptors (Lipinski definition) is 4. The van der Waals surface area contributed by atoms with E-state index in [-0.39, 0.29) is 11.9 Å². The number of benzene rings is 2. The molecule has 0 aliphatic heterocycles. The van der Waals surface area contributed by atoms with Gasteiger partial charge in [-0.2, -0.15) is 0 Å². The second-order valence-electron chi connectivity index (χ2n) is 7.17. The van der Waals surface area contributed by atoms with E-state index in [4.69, 9.17) is 4.74 Å². The number of aliphatic hydroxyl groups excluding tert-OH is 1. The molecule has 1 aliphatic carbocycles. The number of aliphatic hydroxyl groups is 1. The Bertz CT molecular complexity index is 939. The van der Waals surface area contributed by atoms with Gasteiger partial charge >= 0.3 is 0 Å². The first-order valence-electron chi connectivity index (χ1n) is 9.15. The van der Waals surface area contributed by atoms with Crippen molar-refractivity contribution in [2.45, 2.75) is 31.5 Å². The van der Waals surface area contributed by atoms with Gasteiger partial charge in [0.1, 0.15) is 5.75 Å². The van der Waals surface area contributed by atoms with Gasteiger partial charge in [0.15, 0.2) is 0 Å². The Morgan fingerprint density at radius 1 is 1.26 bits per heavy atom. The smallest absolute Gasteiger partial charge is 0.251 e. The van der Waals surface area contributed by atoms with Crippen LogP contribution in [0.1, 0.15) is 23.2 Å². The number of nitrogens with zero attached hydrogens (tertiary/aromatic N) is 2. The first-order valence-corrected chi connectivity index (χ1v) is 9.15. The number of nitrogens with one attached hydrogen (secondary N) is 1. The third kappa shape index (κ3) is 3.80. The number of carbonyl (C=O) groups is 1. The van der Waals surface area contributed by atoms with Gasteiger partial charge in [-0.3, -0.25) is 4.79 Å². The van der Waals surface area contributed by atoms with E-state index >= 15 is 0 Å². The molecule has 1 saturated carbocycles. The highest BCUT2D eigenvalue weighted by molar-refractivity contribution is 5.99. The molecule has 1 aromatic heterocycles. The van der Waals surface area contributed by atoms with E-state index in [2.05, 4.69) is 10.3 Å². The lowest BCUT2D eigenvalue weighted by Gasteiger charge is -2.17. The molecule has 1 fully saturated rings. The first-order chi connectivity index (χ1) is 13.1. The molecule has 6 heteroatoms. The number of aromatic nitrogens is 2. The summed E-state index contributed by atoms with van der Waals surface area (Å²) in [6.45, 7) is 0.807. The summed E-state index contributed by atoms with van der Waals surface area (Å²) in [5, 5.41) is 15.4. The van der Waals surface area contributed by atoms with Gasteiger partial charge in [-0.1, -0.05) is 12.1 Å². The predicted octanol–water partition coefficient (Wildman–Crippen LogP) is 2.61. The minimum Gasteiger partial charge on any atom is -0.497 e. The normalized spacial score (nSPS) is 22.1. The Balaban J connectivity index is 1.43. The van der Waals surface area contributed by atoms with Crippen molar-refractivity contribution in [1.29, 1.82) is 0 Å². The minimum atomic E-state index is -0.521. The molecule has 1 heterocycles. The fraction of sp³-hybridized carbons (Fsp3) is 0.333. The lowest BCUT2D eigenvalue weighted by molar-refractivity contribution is 0.0873. The van der Waals surface area contributed by atoms with Crippen molar-refractivity contribution in [2.24, 2.45) is 5.92 Å². The zero-order valence-corrected chi connectivity index (χ0v) is 15.2. The number of rotatable bonds is 5. The summed E-state index contributed by atoms with van der Waals surface area (Å²) in [6, 6.07) is 11.1. The Morgan fingerprint density at radius 3 is 2.85 bits per heavy atom. The van der Waals surface area contributed by atoms with E-state index in [0.29, 0.717) is 17.9 Å². The summed E-state index contributed by atoms with van der Waals surface area (Å²) in [5.74, 6) is 0.960. The molecule has 1 amide bonds. The first kappa shape index (κ1) is 17.5. The number of imidazole rings is 1. The zero-order valence-electron chi connectivity index (χ0n) is 15.2. The van der Waals surface area contributed by atoms with Gasteiger partial charge in [-0.25, -0.2) is 4.98 Å². The zero-order chi connectivity index (χ0) is 18.8. The molecule has 27 heavy (non-hydrogen) atoms. The van der Waals surface area contributed by atoms with Crippen molar-refractivity contribution in [1.82, 2.24) is 14.9 Å². The van der Waals surface area contributed by atoms with Crippen molar-refractivity contribution in [3.63, 3.8) is 0 Å². The van der Waals surface area contributed by atoms with Crippen LogP contribution < -0.4 is 10.1 Å². The Morgan fingerprint density at radius 2 is 2.07 bits per heavy atom. The lowest BCUT2D eigenvalue weighted by Crippen LogP contribution is -2.39. The van der Waals surface area contributed by atoms with Gasteiger partial charge < -0.3 is 19.7 Å². The van der Waals surface area contributed by atoms with Gasteiger partial charge in [0.2, 0.25) is 0 Å². The van der Waals surface area contributed by atoms with Crippen molar-refractivity contribution < 1.29 is 14.6 Å². The Labute approximate surface area is 157 Å². The highest BCUT2D eigenvalue weighted by Crippen LogP contribution is 2.28. The molecule has 2 aromatic carbocycles. The number of carbonyl (C=O) groups excluding carboxylic acids is 1. The van der Waals surface area contributed by atoms with Crippen molar-refractivity contribution in [2.75, 3.05) is 7.11 Å². The van der Waals surface area contributed by atoms with Crippen LogP contribution in [0.4, 0.5) is 0 Å². The summed E-state index contributed by atoms with van der Waals surface area (Å²) >= 11 is 0. The van der Waals surface area contributed by atoms with Gasteiger partial charge in [0, 0.05) is 24.5 Å². The second kappa shape index (κ2) is 7.40. The fourth-order valence-corrected chi connectivity index (χ4v) is 3.86. The molecule has 0 bridgehead atoms. The van der Waals surface area contributed by atoms with Crippen LogP contribution in [0.25, 0.3) is 10.8 Å². The summed E-state index contributed by atoms with van der Waals surface area (Å²) < 4.78 is 7.25. The summed E-state index contributed by atoms with van der Waals surface area (Å²) in [7, 11) is 1.63. The molecule has 140 valence electrons. The van der Waals surface area contributed by atoms with Gasteiger partial charge in [0.25, 0.3) is 5.91 Å². The molecule has 0 radical (unpaired) electrons. The van der Waals surface area contributed by atoms with E-state index < -0.39 is 6.10 Å². The molecule has 6 nitrogen and oxygen atoms in total. The van der Waals surface area contributed by atoms with Crippen molar-refractivity contribution >= 4 is 16.7 Å². The standard InChI is InChI=1S/C21H23N3O3/c1-27-18-5-4-15-10-17(3-2-16(15)11-18)21(26)23-19-8-14(9-20(19)25)12-24-7-6-22-13-24/h2-7,10-11,13-14,19-20,25H,8-9,12H2,1H3,(H,23,26)/t14?,19-,20-/m1/s1. The van der Waals surface area contributed by atoms with Crippen LogP contribution in [-0.4, -0.2) is 39.8 Å². The average Bonchev–Trinajstić information content (AvgIpc) is 3.31. The molecule has 4 rings (SSSR count). The summed E-state index contributed by atoms with van der Waals surface area (Å²) in [4.78, 5) is 16.7. The third-order valence-corrected chi connectivity index (χ3v) is 5.28. The number of fused-ring (bicyclic) bond motifs is 1. The number of methoxy groups -OCH3 is 1. The molecule has 3 aromatic rings. The Kier molecular flexibility index (Phi) is 4.81. The summed E-state index contributed by atoms with van der Waals surface area (Å²) in [6.07, 6.45) is 6.37. The highest BCUT2D eigenvalue weighted by Gasteiger charge is 2.34. The molecule has 3 atom stereocenters. The van der Waals surface area contributed by atoms with E-state index in [1.165, 1.54) is 0 Å². The fourth-order valence-electron chi connectivity index (χ4n) is 3.86. The van der Waals surface area contributed by atoms with Crippen LogP contribution in [0.3, 0.4) is 0 Å². The molecular weight excluding hydrogens is 342 g/mol. The quantitative estimate of drug-likeness (QED) is 0.729. The maximum absolute atomic E-state index is 12.7. The van der Waals surface area contributed by atoms with Gasteiger partial charge in [-0.05, 0) is 53.8 Å². The maximum atomic E-state index is 12.7. The molecular formula is C21H23N3O3. The lowest BCUT2D eigenvalue weighted by atomic mass is 10.1. The average molecular weight is 365 g/mol. The molecule has 0 saturated heterocycles. The topological polar surface area (TPSA) is 76.4 Å². The highest BCUT2D eigenvalue weighted by atomic mass is 16.5. The van der Waals surface area contributed by atoms with E-state index in [1.807, 2.05) is 41.1 Å². The van der Waals surface area contributed by atoms with Crippen LogP contribution in [-0.2, 0) is 6.54 Å². The predicted molar refractivity (Wildman–Crippen MR) is 103 cm³/mol. The monoisotopic (exact) mass is 365 g/mol. The summed E-state index contributed by atoms with van der Waals surface area (Å²) in [5.41, 5.74) is 0.595.